The van der Waals surface area contributed by atoms with Crippen LogP contribution >= 0.6 is 0 Å². The molecule has 1 aromatic rings. The third kappa shape index (κ3) is 2.15. The summed E-state index contributed by atoms with van der Waals surface area (Å²) in [6.07, 6.45) is 2.21. The van der Waals surface area contributed by atoms with Gasteiger partial charge in [0.25, 0.3) is 0 Å². The number of rotatable bonds is 3. The number of aromatic nitrogens is 2. The van der Waals surface area contributed by atoms with E-state index in [9.17, 15) is 4.79 Å². The first-order valence-electron chi connectivity index (χ1n) is 5.40. The fraction of sp³-hybridized carbons (Fsp3) is 0.545. The first-order valence-corrected chi connectivity index (χ1v) is 5.40. The maximum absolute atomic E-state index is 11.1. The second-order valence-electron chi connectivity index (χ2n) is 4.44. The molecule has 0 aromatic carbocycles. The van der Waals surface area contributed by atoms with Crippen LogP contribution in [0.5, 0.6) is 5.88 Å². The standard InChI is InChI=1S/C11H15N3O3/c1-11(9(15)16)4-6-14(7-11)10-12-5-3-8(13-10)17-2/h3,5H,4,6-7H2,1-2H3,(H,15,16). The molecule has 1 aromatic heterocycles. The molecule has 0 bridgehead atoms. The number of methoxy groups -OCH3 is 1. The first-order chi connectivity index (χ1) is 8.05. The van der Waals surface area contributed by atoms with E-state index in [1.807, 2.05) is 4.90 Å². The summed E-state index contributed by atoms with van der Waals surface area (Å²) in [5, 5.41) is 9.15. The molecule has 1 N–H and O–H groups in total. The molecule has 6 nitrogen and oxygen atoms in total. The zero-order valence-corrected chi connectivity index (χ0v) is 9.88. The molecule has 1 aliphatic rings. The fourth-order valence-electron chi connectivity index (χ4n) is 1.90. The van der Waals surface area contributed by atoms with E-state index < -0.39 is 11.4 Å². The summed E-state index contributed by atoms with van der Waals surface area (Å²) in [7, 11) is 1.54. The molecular weight excluding hydrogens is 222 g/mol. The van der Waals surface area contributed by atoms with Crippen molar-refractivity contribution in [2.24, 2.45) is 5.41 Å². The van der Waals surface area contributed by atoms with Crippen molar-refractivity contribution in [1.82, 2.24) is 9.97 Å². The molecule has 0 spiro atoms. The van der Waals surface area contributed by atoms with Crippen LogP contribution in [0, 0.1) is 5.41 Å². The molecule has 0 saturated carbocycles. The van der Waals surface area contributed by atoms with Crippen molar-refractivity contribution in [2.45, 2.75) is 13.3 Å². The fourth-order valence-corrected chi connectivity index (χ4v) is 1.90. The Labute approximate surface area is 99.2 Å². The lowest BCUT2D eigenvalue weighted by Gasteiger charge is -2.20. The Balaban J connectivity index is 2.17. The maximum atomic E-state index is 11.1. The van der Waals surface area contributed by atoms with E-state index in [0.29, 0.717) is 31.3 Å². The van der Waals surface area contributed by atoms with Gasteiger partial charge in [0.05, 0.1) is 12.5 Å². The van der Waals surface area contributed by atoms with Crippen LogP contribution in [0.25, 0.3) is 0 Å². The second-order valence-corrected chi connectivity index (χ2v) is 4.44. The molecule has 1 atom stereocenters. The van der Waals surface area contributed by atoms with Gasteiger partial charge in [-0.1, -0.05) is 0 Å². The van der Waals surface area contributed by atoms with Gasteiger partial charge in [0.2, 0.25) is 11.8 Å². The van der Waals surface area contributed by atoms with Crippen LogP contribution in [-0.2, 0) is 4.79 Å². The monoisotopic (exact) mass is 237 g/mol. The Hall–Kier alpha value is -1.85. The van der Waals surface area contributed by atoms with Crippen molar-refractivity contribution in [1.29, 1.82) is 0 Å². The third-order valence-corrected chi connectivity index (χ3v) is 3.10. The number of hydrogen-bond donors (Lipinski definition) is 1. The van der Waals surface area contributed by atoms with Gasteiger partial charge < -0.3 is 14.7 Å². The Morgan fingerprint density at radius 3 is 3.00 bits per heavy atom. The third-order valence-electron chi connectivity index (χ3n) is 3.10. The topological polar surface area (TPSA) is 75.5 Å². The minimum atomic E-state index is -0.775. The smallest absolute Gasteiger partial charge is 0.311 e. The van der Waals surface area contributed by atoms with E-state index in [1.165, 1.54) is 7.11 Å². The van der Waals surface area contributed by atoms with Crippen molar-refractivity contribution >= 4 is 11.9 Å². The average Bonchev–Trinajstić information content (AvgIpc) is 2.74. The highest BCUT2D eigenvalue weighted by atomic mass is 16.5. The molecule has 1 fully saturated rings. The van der Waals surface area contributed by atoms with Gasteiger partial charge in [-0.05, 0) is 13.3 Å². The number of carboxylic acids is 1. The summed E-state index contributed by atoms with van der Waals surface area (Å²) in [4.78, 5) is 21.3. The van der Waals surface area contributed by atoms with Crippen LogP contribution in [0.2, 0.25) is 0 Å². The molecule has 0 amide bonds. The second kappa shape index (κ2) is 4.20. The summed E-state index contributed by atoms with van der Waals surface area (Å²) in [6, 6.07) is 1.66. The normalized spacial score (nSPS) is 23.8. The number of carbonyl (C=O) groups is 1. The van der Waals surface area contributed by atoms with Gasteiger partial charge >= 0.3 is 5.97 Å². The van der Waals surface area contributed by atoms with Crippen LogP contribution in [0.4, 0.5) is 5.95 Å². The zero-order valence-electron chi connectivity index (χ0n) is 9.88. The van der Waals surface area contributed by atoms with Gasteiger partial charge in [-0.25, -0.2) is 4.98 Å². The lowest BCUT2D eigenvalue weighted by atomic mass is 9.90. The molecule has 1 unspecified atom stereocenters. The highest BCUT2D eigenvalue weighted by Crippen LogP contribution is 2.32. The molecule has 17 heavy (non-hydrogen) atoms. The Kier molecular flexibility index (Phi) is 2.87. The molecule has 0 radical (unpaired) electrons. The largest absolute Gasteiger partial charge is 0.481 e. The highest BCUT2D eigenvalue weighted by molar-refractivity contribution is 5.76. The van der Waals surface area contributed by atoms with Crippen LogP contribution in [0.15, 0.2) is 12.3 Å². The summed E-state index contributed by atoms with van der Waals surface area (Å²) in [5.41, 5.74) is -0.716. The maximum Gasteiger partial charge on any atom is 0.311 e. The first kappa shape index (κ1) is 11.6. The number of ether oxygens (including phenoxy) is 1. The van der Waals surface area contributed by atoms with Gasteiger partial charge in [0.1, 0.15) is 0 Å². The molecule has 1 saturated heterocycles. The van der Waals surface area contributed by atoms with E-state index in [0.717, 1.165) is 0 Å². The van der Waals surface area contributed by atoms with Gasteiger partial charge in [0.15, 0.2) is 0 Å². The van der Waals surface area contributed by atoms with E-state index in [1.54, 1.807) is 19.2 Å². The van der Waals surface area contributed by atoms with Crippen LogP contribution in [0.3, 0.4) is 0 Å². The minimum absolute atomic E-state index is 0.426. The quantitative estimate of drug-likeness (QED) is 0.837. The lowest BCUT2D eigenvalue weighted by molar-refractivity contribution is -0.146. The summed E-state index contributed by atoms with van der Waals surface area (Å²) < 4.78 is 5.02. The van der Waals surface area contributed by atoms with Crippen molar-refractivity contribution in [3.05, 3.63) is 12.3 Å². The van der Waals surface area contributed by atoms with E-state index in [-0.39, 0.29) is 0 Å². The number of nitrogens with zero attached hydrogens (tertiary/aromatic N) is 3. The number of hydrogen-bond acceptors (Lipinski definition) is 5. The summed E-state index contributed by atoms with van der Waals surface area (Å²) >= 11 is 0. The van der Waals surface area contributed by atoms with Crippen molar-refractivity contribution in [2.75, 3.05) is 25.1 Å². The van der Waals surface area contributed by atoms with Crippen LogP contribution in [0.1, 0.15) is 13.3 Å². The summed E-state index contributed by atoms with van der Waals surface area (Å²) in [6.45, 7) is 2.82. The van der Waals surface area contributed by atoms with Crippen molar-refractivity contribution < 1.29 is 14.6 Å². The van der Waals surface area contributed by atoms with Crippen molar-refractivity contribution in [3.63, 3.8) is 0 Å². The predicted molar refractivity (Wildman–Crippen MR) is 61.2 cm³/mol. The molecule has 2 heterocycles. The lowest BCUT2D eigenvalue weighted by Crippen LogP contribution is -2.32. The highest BCUT2D eigenvalue weighted by Gasteiger charge is 2.41. The molecule has 0 aliphatic carbocycles. The SMILES string of the molecule is COc1ccnc(N2CCC(C)(C(=O)O)C2)n1. The number of aliphatic carboxylic acids is 1. The number of carboxylic acid groups (broad SMARTS) is 1. The van der Waals surface area contributed by atoms with Gasteiger partial charge in [-0.3, -0.25) is 4.79 Å². The predicted octanol–water partition coefficient (Wildman–Crippen LogP) is 0.786. The molecule has 1 aliphatic heterocycles. The molecule has 92 valence electrons. The average molecular weight is 237 g/mol. The van der Waals surface area contributed by atoms with E-state index >= 15 is 0 Å². The van der Waals surface area contributed by atoms with Gasteiger partial charge in [-0.2, -0.15) is 4.98 Å². The molecule has 6 heteroatoms. The number of anilines is 1. The van der Waals surface area contributed by atoms with Crippen LogP contribution in [-0.4, -0.2) is 41.2 Å². The van der Waals surface area contributed by atoms with E-state index in [2.05, 4.69) is 9.97 Å². The van der Waals surface area contributed by atoms with Gasteiger partial charge in [0, 0.05) is 25.4 Å². The Morgan fingerprint density at radius 1 is 1.65 bits per heavy atom. The van der Waals surface area contributed by atoms with Gasteiger partial charge in [-0.15, -0.1) is 0 Å². The minimum Gasteiger partial charge on any atom is -0.481 e. The molecular formula is C11H15N3O3. The van der Waals surface area contributed by atoms with Crippen LogP contribution < -0.4 is 9.64 Å². The Morgan fingerprint density at radius 2 is 2.41 bits per heavy atom. The zero-order chi connectivity index (χ0) is 12.5. The van der Waals surface area contributed by atoms with E-state index in [4.69, 9.17) is 9.84 Å². The summed E-state index contributed by atoms with van der Waals surface area (Å²) in [5.74, 6) is 0.233. The Bertz CT molecular complexity index is 438. The molecule has 2 rings (SSSR count). The van der Waals surface area contributed by atoms with Crippen molar-refractivity contribution in [3.8, 4) is 5.88 Å².